The van der Waals surface area contributed by atoms with Crippen molar-refractivity contribution < 1.29 is 4.79 Å². The van der Waals surface area contributed by atoms with E-state index in [-0.39, 0.29) is 0 Å². The van der Waals surface area contributed by atoms with Gasteiger partial charge in [-0.1, -0.05) is 90.5 Å². The highest BCUT2D eigenvalue weighted by atomic mass is 16.1. The summed E-state index contributed by atoms with van der Waals surface area (Å²) in [6, 6.07) is 50.2. The Morgan fingerprint density at radius 3 is 1.59 bits per heavy atom. The molecule has 0 aliphatic heterocycles. The SMILES string of the molecule is O=Cc1ccc(-n2c3c(c4cc(CCn5c6ccccc6c6ccccc65)ccc42)C=C(CCn2c4ccccc4c4ccccc42)CC3)cc1. The molecule has 1 aliphatic carbocycles. The molecule has 0 radical (unpaired) electrons. The molecule has 0 saturated carbocycles. The van der Waals surface area contributed by atoms with E-state index in [0.717, 1.165) is 50.7 Å². The molecule has 10 rings (SSSR count). The van der Waals surface area contributed by atoms with E-state index >= 15 is 0 Å². The Morgan fingerprint density at radius 2 is 1.04 bits per heavy atom. The largest absolute Gasteiger partial charge is 0.340 e. The summed E-state index contributed by atoms with van der Waals surface area (Å²) in [5, 5.41) is 6.58. The monoisotopic (exact) mass is 659 g/mol. The van der Waals surface area contributed by atoms with Crippen LogP contribution in [0.3, 0.4) is 0 Å². The second-order valence-electron chi connectivity index (χ2n) is 13.9. The Labute approximate surface area is 296 Å². The number of benzene rings is 6. The van der Waals surface area contributed by atoms with Gasteiger partial charge in [0, 0.05) is 84.6 Å². The van der Waals surface area contributed by atoms with Gasteiger partial charge >= 0.3 is 0 Å². The molecular formula is C47H37N3O. The van der Waals surface area contributed by atoms with Crippen LogP contribution in [0.5, 0.6) is 0 Å². The topological polar surface area (TPSA) is 31.9 Å². The van der Waals surface area contributed by atoms with Gasteiger partial charge in [-0.15, -0.1) is 0 Å². The van der Waals surface area contributed by atoms with Crippen LogP contribution in [-0.4, -0.2) is 20.0 Å². The lowest BCUT2D eigenvalue weighted by atomic mass is 9.93. The molecule has 3 heterocycles. The number of aldehydes is 1. The zero-order chi connectivity index (χ0) is 33.9. The van der Waals surface area contributed by atoms with Gasteiger partial charge in [-0.3, -0.25) is 4.79 Å². The number of carbonyl (C=O) groups excluding carboxylic acids is 1. The van der Waals surface area contributed by atoms with Crippen molar-refractivity contribution >= 4 is 66.9 Å². The third kappa shape index (κ3) is 4.85. The van der Waals surface area contributed by atoms with Gasteiger partial charge in [-0.25, -0.2) is 0 Å². The molecule has 246 valence electrons. The standard InChI is InChI=1S/C47H37N3O/c51-31-34-17-21-35(22-18-34)50-46-23-19-32(25-27-48-42-13-5-1-9-36(42)37-10-2-6-14-43(37)48)29-40(46)41-30-33(20-24-47(41)50)26-28-49-44-15-7-3-11-38(44)39-12-4-8-16-45(39)49/h1-19,21-23,29-31H,20,24-28H2. The molecule has 0 atom stereocenters. The molecule has 0 saturated heterocycles. The van der Waals surface area contributed by atoms with E-state index in [1.807, 2.05) is 12.1 Å². The van der Waals surface area contributed by atoms with Crippen LogP contribution < -0.4 is 0 Å². The van der Waals surface area contributed by atoms with E-state index in [1.54, 1.807) is 0 Å². The van der Waals surface area contributed by atoms with E-state index in [1.165, 1.54) is 76.9 Å². The highest BCUT2D eigenvalue weighted by Crippen LogP contribution is 2.38. The van der Waals surface area contributed by atoms with Crippen molar-refractivity contribution in [3.8, 4) is 5.69 Å². The van der Waals surface area contributed by atoms with Crippen LogP contribution in [0, 0.1) is 0 Å². The summed E-state index contributed by atoms with van der Waals surface area (Å²) >= 11 is 0. The molecule has 0 fully saturated rings. The Balaban J connectivity index is 1.04. The maximum atomic E-state index is 11.5. The molecule has 51 heavy (non-hydrogen) atoms. The summed E-state index contributed by atoms with van der Waals surface area (Å²) in [5.74, 6) is 0. The molecule has 0 unspecified atom stereocenters. The first-order valence-corrected chi connectivity index (χ1v) is 18.1. The van der Waals surface area contributed by atoms with Crippen LogP contribution in [0.1, 0.15) is 40.0 Å². The highest BCUT2D eigenvalue weighted by molar-refractivity contribution is 6.09. The first kappa shape index (κ1) is 29.8. The Morgan fingerprint density at radius 1 is 0.510 bits per heavy atom. The van der Waals surface area contributed by atoms with E-state index in [9.17, 15) is 4.79 Å². The summed E-state index contributed by atoms with van der Waals surface area (Å²) in [4.78, 5) is 11.5. The maximum absolute atomic E-state index is 11.5. The maximum Gasteiger partial charge on any atom is 0.150 e. The second kappa shape index (κ2) is 12.0. The number of aromatic nitrogens is 3. The van der Waals surface area contributed by atoms with Crippen molar-refractivity contribution in [2.24, 2.45) is 0 Å². The van der Waals surface area contributed by atoms with Crippen LogP contribution >= 0.6 is 0 Å². The van der Waals surface area contributed by atoms with Gasteiger partial charge < -0.3 is 13.7 Å². The number of rotatable bonds is 8. The van der Waals surface area contributed by atoms with Crippen LogP contribution in [0.4, 0.5) is 0 Å². The normalized spacial score (nSPS) is 13.1. The fraction of sp³-hybridized carbons (Fsp3) is 0.128. The summed E-state index contributed by atoms with van der Waals surface area (Å²) in [6.45, 7) is 1.86. The first-order chi connectivity index (χ1) is 25.2. The first-order valence-electron chi connectivity index (χ1n) is 18.1. The van der Waals surface area contributed by atoms with E-state index < -0.39 is 0 Å². The molecule has 9 aromatic rings. The Bertz CT molecular complexity index is 2720. The predicted molar refractivity (Wildman–Crippen MR) is 212 cm³/mol. The Kier molecular flexibility index (Phi) is 7.02. The zero-order valence-electron chi connectivity index (χ0n) is 28.4. The molecule has 0 N–H and O–H groups in total. The van der Waals surface area contributed by atoms with Crippen molar-refractivity contribution in [2.75, 3.05) is 0 Å². The fourth-order valence-corrected chi connectivity index (χ4v) is 8.71. The van der Waals surface area contributed by atoms with E-state index in [2.05, 4.69) is 147 Å². The molecular weight excluding hydrogens is 623 g/mol. The van der Waals surface area contributed by atoms with E-state index in [0.29, 0.717) is 5.56 Å². The van der Waals surface area contributed by atoms with Gasteiger partial charge in [0.05, 0.1) is 5.52 Å². The zero-order valence-corrected chi connectivity index (χ0v) is 28.4. The molecule has 3 aromatic heterocycles. The molecule has 0 bridgehead atoms. The van der Waals surface area contributed by atoms with Gasteiger partial charge in [0.25, 0.3) is 0 Å². The molecule has 4 nitrogen and oxygen atoms in total. The lowest BCUT2D eigenvalue weighted by molar-refractivity contribution is 0.112. The molecule has 4 heteroatoms. The summed E-state index contributed by atoms with van der Waals surface area (Å²) in [5.41, 5.74) is 13.7. The lowest BCUT2D eigenvalue weighted by Gasteiger charge is -2.18. The highest BCUT2D eigenvalue weighted by Gasteiger charge is 2.22. The number of hydrogen-bond acceptors (Lipinski definition) is 1. The van der Waals surface area contributed by atoms with E-state index in [4.69, 9.17) is 0 Å². The van der Waals surface area contributed by atoms with Crippen molar-refractivity contribution in [3.05, 3.63) is 167 Å². The van der Waals surface area contributed by atoms with Crippen molar-refractivity contribution in [3.63, 3.8) is 0 Å². The minimum absolute atomic E-state index is 0.698. The van der Waals surface area contributed by atoms with Gasteiger partial charge in [-0.05, 0) is 91.9 Å². The van der Waals surface area contributed by atoms with Crippen LogP contribution in [0.15, 0.2) is 145 Å². The third-order valence-electron chi connectivity index (χ3n) is 11.1. The van der Waals surface area contributed by atoms with Crippen molar-refractivity contribution in [1.82, 2.24) is 13.7 Å². The molecule has 0 spiro atoms. The van der Waals surface area contributed by atoms with Crippen molar-refractivity contribution in [1.29, 1.82) is 0 Å². The minimum Gasteiger partial charge on any atom is -0.340 e. The lowest BCUT2D eigenvalue weighted by Crippen LogP contribution is -2.07. The predicted octanol–water partition coefficient (Wildman–Crippen LogP) is 11.3. The molecule has 1 aliphatic rings. The summed E-state index contributed by atoms with van der Waals surface area (Å²) in [6.07, 6.45) is 7.38. The minimum atomic E-state index is 0.698. The quantitative estimate of drug-likeness (QED) is 0.149. The van der Waals surface area contributed by atoms with Crippen molar-refractivity contribution in [2.45, 2.75) is 38.8 Å². The summed E-state index contributed by atoms with van der Waals surface area (Å²) in [7, 11) is 0. The van der Waals surface area contributed by atoms with Crippen LogP contribution in [0.25, 0.3) is 66.3 Å². The number of allylic oxidation sites excluding steroid dienone is 1. The number of carbonyl (C=O) groups is 1. The average molecular weight is 660 g/mol. The number of aryl methyl sites for hydroxylation is 3. The number of para-hydroxylation sites is 4. The number of hydrogen-bond donors (Lipinski definition) is 0. The van der Waals surface area contributed by atoms with Gasteiger partial charge in [0.1, 0.15) is 6.29 Å². The molecule has 6 aromatic carbocycles. The number of fused-ring (bicyclic) bond motifs is 9. The van der Waals surface area contributed by atoms with Gasteiger partial charge in [-0.2, -0.15) is 0 Å². The third-order valence-corrected chi connectivity index (χ3v) is 11.1. The second-order valence-corrected chi connectivity index (χ2v) is 13.9. The molecule has 0 amide bonds. The Hall–Kier alpha value is -6.13. The van der Waals surface area contributed by atoms with Crippen LogP contribution in [-0.2, 0) is 25.9 Å². The number of nitrogens with zero attached hydrogens (tertiary/aromatic N) is 3. The fourth-order valence-electron chi connectivity index (χ4n) is 8.71. The van der Waals surface area contributed by atoms with Gasteiger partial charge in [0.15, 0.2) is 0 Å². The average Bonchev–Trinajstić information content (AvgIpc) is 3.81. The van der Waals surface area contributed by atoms with Crippen LogP contribution in [0.2, 0.25) is 0 Å². The summed E-state index contributed by atoms with van der Waals surface area (Å²) < 4.78 is 7.42. The smallest absolute Gasteiger partial charge is 0.150 e. The van der Waals surface area contributed by atoms with Gasteiger partial charge in [0.2, 0.25) is 0 Å².